The molecule has 3 aromatic rings. The van der Waals surface area contributed by atoms with Crippen LogP contribution in [0.2, 0.25) is 15.1 Å². The van der Waals surface area contributed by atoms with Gasteiger partial charge in [0.2, 0.25) is 11.8 Å². The van der Waals surface area contributed by atoms with E-state index in [1.54, 1.807) is 37.3 Å². The minimum Gasteiger partial charge on any atom is -0.352 e. The molecule has 3 aromatic carbocycles. The molecule has 0 unspecified atom stereocenters. The van der Waals surface area contributed by atoms with Crippen molar-refractivity contribution < 1.29 is 18.0 Å². The summed E-state index contributed by atoms with van der Waals surface area (Å²) >= 11 is 18.6. The molecule has 1 aliphatic rings. The predicted octanol–water partition coefficient (Wildman–Crippen LogP) is 7.33. The van der Waals surface area contributed by atoms with Crippen LogP contribution in [-0.4, -0.2) is 43.8 Å². The summed E-state index contributed by atoms with van der Waals surface area (Å²) in [6, 6.07) is 15.1. The van der Waals surface area contributed by atoms with E-state index < -0.39 is 28.5 Å². The molecule has 11 heteroatoms. The maximum absolute atomic E-state index is 14.2. The van der Waals surface area contributed by atoms with E-state index in [4.69, 9.17) is 34.8 Å². The second-order valence-electron chi connectivity index (χ2n) is 11.0. The van der Waals surface area contributed by atoms with Crippen molar-refractivity contribution in [3.8, 4) is 0 Å². The lowest BCUT2D eigenvalue weighted by Gasteiger charge is -2.33. The second kappa shape index (κ2) is 14.3. The molecule has 0 spiro atoms. The number of carbonyl (C=O) groups excluding carboxylic acids is 2. The molecule has 230 valence electrons. The normalized spacial score (nSPS) is 14.7. The third-order valence-corrected chi connectivity index (χ3v) is 10.6. The molecule has 0 aliphatic heterocycles. The molecule has 1 atom stereocenters. The topological polar surface area (TPSA) is 86.8 Å². The van der Waals surface area contributed by atoms with Gasteiger partial charge in [-0.1, -0.05) is 66.2 Å². The number of nitrogens with one attached hydrogen (secondary N) is 1. The van der Waals surface area contributed by atoms with E-state index in [0.717, 1.165) is 47.5 Å². The Kier molecular flexibility index (Phi) is 11.0. The van der Waals surface area contributed by atoms with Crippen LogP contribution in [0.3, 0.4) is 0 Å². The number of nitrogens with zero attached hydrogens (tertiary/aromatic N) is 2. The number of aryl methyl sites for hydroxylation is 2. The Morgan fingerprint density at radius 1 is 0.884 bits per heavy atom. The van der Waals surface area contributed by atoms with Crippen molar-refractivity contribution in [1.29, 1.82) is 0 Å². The van der Waals surface area contributed by atoms with Gasteiger partial charge in [-0.25, -0.2) is 8.42 Å². The molecule has 0 heterocycles. The highest BCUT2D eigenvalue weighted by Crippen LogP contribution is 2.28. The van der Waals surface area contributed by atoms with Crippen molar-refractivity contribution in [2.45, 2.75) is 76.4 Å². The number of rotatable bonds is 10. The Labute approximate surface area is 269 Å². The Bertz CT molecular complexity index is 1580. The molecule has 0 radical (unpaired) electrons. The van der Waals surface area contributed by atoms with E-state index >= 15 is 0 Å². The van der Waals surface area contributed by atoms with Crippen LogP contribution in [0, 0.1) is 13.8 Å². The molecule has 0 bridgehead atoms. The third kappa shape index (κ3) is 8.24. The predicted molar refractivity (Wildman–Crippen MR) is 173 cm³/mol. The van der Waals surface area contributed by atoms with E-state index in [9.17, 15) is 18.0 Å². The Hall–Kier alpha value is -2.78. The summed E-state index contributed by atoms with van der Waals surface area (Å²) in [7, 11) is -4.20. The van der Waals surface area contributed by atoms with Crippen molar-refractivity contribution in [3.05, 3.63) is 92.4 Å². The molecule has 2 amide bonds. The molecule has 1 aliphatic carbocycles. The van der Waals surface area contributed by atoms with Crippen LogP contribution in [0.25, 0.3) is 0 Å². The van der Waals surface area contributed by atoms with Gasteiger partial charge in [-0.05, 0) is 98.8 Å². The number of hydrogen-bond donors (Lipinski definition) is 1. The lowest BCUT2D eigenvalue weighted by atomic mass is 9.95. The minimum absolute atomic E-state index is 0.0155. The van der Waals surface area contributed by atoms with E-state index in [-0.39, 0.29) is 23.4 Å². The summed E-state index contributed by atoms with van der Waals surface area (Å²) in [5.74, 6) is -0.864. The molecular formula is C32H36Cl3N3O4S. The smallest absolute Gasteiger partial charge is 0.264 e. The summed E-state index contributed by atoms with van der Waals surface area (Å²) in [4.78, 5) is 29.0. The molecule has 1 N–H and O–H groups in total. The van der Waals surface area contributed by atoms with Crippen LogP contribution in [0.15, 0.2) is 65.6 Å². The zero-order valence-corrected chi connectivity index (χ0v) is 27.5. The minimum atomic E-state index is -4.20. The fourth-order valence-corrected chi connectivity index (χ4v) is 7.13. The lowest BCUT2D eigenvalue weighted by molar-refractivity contribution is -0.139. The van der Waals surface area contributed by atoms with Crippen LogP contribution in [0.1, 0.15) is 55.7 Å². The van der Waals surface area contributed by atoms with Gasteiger partial charge in [0.1, 0.15) is 12.6 Å². The van der Waals surface area contributed by atoms with Gasteiger partial charge in [0, 0.05) is 27.7 Å². The van der Waals surface area contributed by atoms with Gasteiger partial charge in [0.15, 0.2) is 0 Å². The lowest BCUT2D eigenvalue weighted by Crippen LogP contribution is -2.53. The second-order valence-corrected chi connectivity index (χ2v) is 14.2. The van der Waals surface area contributed by atoms with Crippen molar-refractivity contribution in [1.82, 2.24) is 10.2 Å². The van der Waals surface area contributed by atoms with Crippen molar-refractivity contribution >= 4 is 62.3 Å². The zero-order chi connectivity index (χ0) is 31.3. The molecule has 1 fully saturated rings. The average molecular weight is 665 g/mol. The van der Waals surface area contributed by atoms with Crippen LogP contribution in [-0.2, 0) is 26.2 Å². The molecule has 4 rings (SSSR count). The van der Waals surface area contributed by atoms with Crippen molar-refractivity contribution in [3.63, 3.8) is 0 Å². The first-order chi connectivity index (χ1) is 20.4. The fraction of sp³-hybridized carbons (Fsp3) is 0.375. The van der Waals surface area contributed by atoms with Gasteiger partial charge in [-0.15, -0.1) is 0 Å². The van der Waals surface area contributed by atoms with Crippen LogP contribution >= 0.6 is 34.8 Å². The van der Waals surface area contributed by atoms with E-state index in [0.29, 0.717) is 26.3 Å². The molecule has 43 heavy (non-hydrogen) atoms. The number of hydrogen-bond acceptors (Lipinski definition) is 4. The van der Waals surface area contributed by atoms with Gasteiger partial charge in [-0.2, -0.15) is 0 Å². The van der Waals surface area contributed by atoms with Crippen LogP contribution in [0.5, 0.6) is 0 Å². The Balaban J connectivity index is 1.71. The summed E-state index contributed by atoms with van der Waals surface area (Å²) in [5.41, 5.74) is 2.75. The van der Waals surface area contributed by atoms with Crippen molar-refractivity contribution in [2.75, 3.05) is 10.8 Å². The van der Waals surface area contributed by atoms with E-state index in [1.165, 1.54) is 29.2 Å². The van der Waals surface area contributed by atoms with E-state index in [1.807, 2.05) is 19.9 Å². The fourth-order valence-electron chi connectivity index (χ4n) is 5.13. The van der Waals surface area contributed by atoms with Crippen LogP contribution < -0.4 is 9.62 Å². The van der Waals surface area contributed by atoms with Crippen LogP contribution in [0.4, 0.5) is 5.69 Å². The molecular weight excluding hydrogens is 629 g/mol. The summed E-state index contributed by atoms with van der Waals surface area (Å²) < 4.78 is 29.1. The zero-order valence-electron chi connectivity index (χ0n) is 24.4. The summed E-state index contributed by atoms with van der Waals surface area (Å²) in [6.45, 7) is 4.89. The Morgan fingerprint density at radius 2 is 1.53 bits per heavy atom. The Morgan fingerprint density at radius 3 is 2.16 bits per heavy atom. The van der Waals surface area contributed by atoms with Gasteiger partial charge in [0.25, 0.3) is 10.0 Å². The van der Waals surface area contributed by atoms with Crippen molar-refractivity contribution in [2.24, 2.45) is 0 Å². The first kappa shape index (κ1) is 33.1. The molecule has 7 nitrogen and oxygen atoms in total. The maximum atomic E-state index is 14.2. The monoisotopic (exact) mass is 663 g/mol. The maximum Gasteiger partial charge on any atom is 0.264 e. The van der Waals surface area contributed by atoms with Gasteiger partial charge >= 0.3 is 0 Å². The van der Waals surface area contributed by atoms with Gasteiger partial charge in [-0.3, -0.25) is 13.9 Å². The number of anilines is 1. The quantitative estimate of drug-likeness (QED) is 0.246. The highest BCUT2D eigenvalue weighted by Gasteiger charge is 2.33. The average Bonchev–Trinajstić information content (AvgIpc) is 2.97. The number of benzene rings is 3. The molecule has 0 saturated heterocycles. The van der Waals surface area contributed by atoms with Gasteiger partial charge < -0.3 is 10.2 Å². The first-order valence-electron chi connectivity index (χ1n) is 14.3. The highest BCUT2D eigenvalue weighted by atomic mass is 35.5. The number of amides is 2. The van der Waals surface area contributed by atoms with E-state index in [2.05, 4.69) is 5.32 Å². The number of sulfonamides is 1. The largest absolute Gasteiger partial charge is 0.352 e. The SMILES string of the molecule is Cc1ccc(N(CC(=O)N(Cc2ccc(Cl)cc2Cl)[C@H](C)C(=O)NC2CCCCC2)S(=O)(=O)c2ccc(Cl)cc2)cc1C. The number of halogens is 3. The third-order valence-electron chi connectivity index (χ3n) is 7.93. The molecule has 0 aromatic heterocycles. The number of carbonyl (C=O) groups is 2. The summed E-state index contributed by atoms with van der Waals surface area (Å²) in [6.07, 6.45) is 4.98. The molecule has 1 saturated carbocycles. The highest BCUT2D eigenvalue weighted by molar-refractivity contribution is 7.92. The summed E-state index contributed by atoms with van der Waals surface area (Å²) in [5, 5.41) is 4.25. The standard InChI is InChI=1S/C32H36Cl3N3O4S/c1-21-9-14-28(17-22(21)2)38(43(41,42)29-15-12-25(33)13-16-29)20-31(39)37(19-24-10-11-26(34)18-30(24)35)23(3)32(40)36-27-7-5-4-6-8-27/h9-18,23,27H,4-8,19-20H2,1-3H3,(H,36,40)/t23-/m1/s1. The first-order valence-corrected chi connectivity index (χ1v) is 16.8. The van der Waals surface area contributed by atoms with Gasteiger partial charge in [0.05, 0.1) is 10.6 Å².